The van der Waals surface area contributed by atoms with Gasteiger partial charge in [-0.15, -0.1) is 0 Å². The zero-order valence-electron chi connectivity index (χ0n) is 8.71. The number of nitrogen functional groups attached to an aromatic ring is 1. The number of hydrogen-bond donors (Lipinski definition) is 2. The Morgan fingerprint density at radius 3 is 2.86 bits per heavy atom. The molecule has 1 aromatic heterocycles. The maximum Gasteiger partial charge on any atom is 0.142 e. The largest absolute Gasteiger partial charge is 0.383 e. The highest BCUT2D eigenvalue weighted by Gasteiger charge is 2.27. The summed E-state index contributed by atoms with van der Waals surface area (Å²) in [5.41, 5.74) is 6.77. The number of anilines is 2. The molecule has 2 rings (SSSR count). The Morgan fingerprint density at radius 2 is 2.36 bits per heavy atom. The van der Waals surface area contributed by atoms with Gasteiger partial charge in [-0.25, -0.2) is 0 Å². The fourth-order valence-corrected chi connectivity index (χ4v) is 2.31. The van der Waals surface area contributed by atoms with E-state index < -0.39 is 0 Å². The fourth-order valence-electron chi connectivity index (χ4n) is 1.60. The van der Waals surface area contributed by atoms with Gasteiger partial charge >= 0.3 is 0 Å². The third kappa shape index (κ3) is 2.00. The molecule has 3 nitrogen and oxygen atoms in total. The number of hydrogen-bond acceptors (Lipinski definition) is 4. The molecule has 3 N–H and O–H groups in total. The molecule has 4 heteroatoms. The molecular weight excluding hydrogens is 194 g/mol. The van der Waals surface area contributed by atoms with Crippen LogP contribution in [0.15, 0.2) is 0 Å². The molecule has 14 heavy (non-hydrogen) atoms. The van der Waals surface area contributed by atoms with Crippen LogP contribution in [0.3, 0.4) is 0 Å². The molecule has 0 spiro atoms. The van der Waals surface area contributed by atoms with Gasteiger partial charge in [0, 0.05) is 12.1 Å². The lowest BCUT2D eigenvalue weighted by Crippen LogP contribution is -2.12. The Labute approximate surface area is 88.9 Å². The van der Waals surface area contributed by atoms with Gasteiger partial charge in [0.15, 0.2) is 0 Å². The van der Waals surface area contributed by atoms with Crippen molar-refractivity contribution in [1.82, 2.24) is 4.37 Å². The van der Waals surface area contributed by atoms with Gasteiger partial charge in [-0.3, -0.25) is 0 Å². The molecule has 1 saturated carbocycles. The highest BCUT2D eigenvalue weighted by molar-refractivity contribution is 7.10. The van der Waals surface area contributed by atoms with Gasteiger partial charge < -0.3 is 11.1 Å². The number of rotatable bonds is 4. The third-order valence-electron chi connectivity index (χ3n) is 2.97. The van der Waals surface area contributed by atoms with Gasteiger partial charge in [0.25, 0.3) is 0 Å². The first-order chi connectivity index (χ1) is 6.68. The highest BCUT2D eigenvalue weighted by Crippen LogP contribution is 2.37. The maximum absolute atomic E-state index is 5.68. The normalized spacial score (nSPS) is 18.1. The Balaban J connectivity index is 1.87. The first kappa shape index (κ1) is 9.77. The van der Waals surface area contributed by atoms with Crippen LogP contribution in [-0.2, 0) is 0 Å². The molecule has 78 valence electrons. The van der Waals surface area contributed by atoms with E-state index in [1.165, 1.54) is 24.4 Å². The molecule has 0 bridgehead atoms. The summed E-state index contributed by atoms with van der Waals surface area (Å²) in [4.78, 5) is 0. The lowest BCUT2D eigenvalue weighted by Gasteiger charge is -2.11. The lowest BCUT2D eigenvalue weighted by atomic mass is 10.1. The van der Waals surface area contributed by atoms with Crippen molar-refractivity contribution < 1.29 is 0 Å². The topological polar surface area (TPSA) is 50.9 Å². The van der Waals surface area contributed by atoms with Crippen molar-refractivity contribution in [1.29, 1.82) is 0 Å². The van der Waals surface area contributed by atoms with E-state index in [9.17, 15) is 0 Å². The minimum Gasteiger partial charge on any atom is -0.383 e. The van der Waals surface area contributed by atoms with Gasteiger partial charge in [0.2, 0.25) is 0 Å². The Bertz CT molecular complexity index is 317. The van der Waals surface area contributed by atoms with Crippen LogP contribution in [0.25, 0.3) is 0 Å². The van der Waals surface area contributed by atoms with E-state index in [0.717, 1.165) is 28.9 Å². The lowest BCUT2D eigenvalue weighted by molar-refractivity contribution is 0.537. The molecule has 1 atom stereocenters. The summed E-state index contributed by atoms with van der Waals surface area (Å²) in [6.07, 6.45) is 2.82. The summed E-state index contributed by atoms with van der Waals surface area (Å²) in [5, 5.41) is 4.57. The van der Waals surface area contributed by atoms with Crippen molar-refractivity contribution in [3.63, 3.8) is 0 Å². The second-order valence-corrected chi connectivity index (χ2v) is 4.99. The van der Waals surface area contributed by atoms with Crippen molar-refractivity contribution in [3.8, 4) is 0 Å². The summed E-state index contributed by atoms with van der Waals surface area (Å²) in [7, 11) is 0. The Kier molecular flexibility index (Phi) is 2.63. The van der Waals surface area contributed by atoms with Crippen LogP contribution in [-0.4, -0.2) is 10.9 Å². The second kappa shape index (κ2) is 3.77. The van der Waals surface area contributed by atoms with Crippen LogP contribution < -0.4 is 11.1 Å². The van der Waals surface area contributed by atoms with E-state index in [1.54, 1.807) is 0 Å². The van der Waals surface area contributed by atoms with Crippen LogP contribution in [0.4, 0.5) is 10.8 Å². The number of aromatic nitrogens is 1. The summed E-state index contributed by atoms with van der Waals surface area (Å²) >= 11 is 1.46. The van der Waals surface area contributed by atoms with E-state index in [1.807, 2.05) is 6.92 Å². The van der Waals surface area contributed by atoms with E-state index >= 15 is 0 Å². The predicted molar refractivity (Wildman–Crippen MR) is 61.6 cm³/mol. The van der Waals surface area contributed by atoms with Crippen LogP contribution >= 0.6 is 11.5 Å². The Morgan fingerprint density at radius 1 is 1.64 bits per heavy atom. The number of nitrogens with one attached hydrogen (secondary N) is 1. The molecule has 1 heterocycles. The van der Waals surface area contributed by atoms with E-state index in [2.05, 4.69) is 16.6 Å². The highest BCUT2D eigenvalue weighted by atomic mass is 32.1. The monoisotopic (exact) mass is 211 g/mol. The quantitative estimate of drug-likeness (QED) is 0.804. The number of nitrogens with zero attached hydrogens (tertiary/aromatic N) is 1. The maximum atomic E-state index is 5.68. The molecule has 1 aromatic rings. The van der Waals surface area contributed by atoms with Crippen molar-refractivity contribution in [3.05, 3.63) is 5.56 Å². The van der Waals surface area contributed by atoms with E-state index in [4.69, 9.17) is 5.73 Å². The molecular formula is C10H17N3S. The average molecular weight is 211 g/mol. The smallest absolute Gasteiger partial charge is 0.142 e. The summed E-state index contributed by atoms with van der Waals surface area (Å²) in [6.45, 7) is 5.38. The molecule has 1 aliphatic rings. The van der Waals surface area contributed by atoms with Crippen LogP contribution in [0.2, 0.25) is 0 Å². The van der Waals surface area contributed by atoms with Gasteiger partial charge in [0.05, 0.1) is 0 Å². The van der Waals surface area contributed by atoms with Crippen molar-refractivity contribution in [2.45, 2.75) is 26.7 Å². The fraction of sp³-hybridized carbons (Fsp3) is 0.700. The molecule has 1 fully saturated rings. The van der Waals surface area contributed by atoms with Gasteiger partial charge in [-0.1, -0.05) is 6.92 Å². The average Bonchev–Trinajstić information content (AvgIpc) is 2.95. The van der Waals surface area contributed by atoms with Gasteiger partial charge in [0.1, 0.15) is 10.8 Å². The summed E-state index contributed by atoms with van der Waals surface area (Å²) in [6, 6.07) is 0. The summed E-state index contributed by atoms with van der Waals surface area (Å²) in [5.74, 6) is 2.39. The zero-order valence-corrected chi connectivity index (χ0v) is 9.53. The minimum atomic E-state index is 0.663. The van der Waals surface area contributed by atoms with Gasteiger partial charge in [-0.2, -0.15) is 4.37 Å². The minimum absolute atomic E-state index is 0.663. The van der Waals surface area contributed by atoms with Crippen LogP contribution in [0.1, 0.15) is 25.3 Å². The Hall–Kier alpha value is -0.770. The first-order valence-electron chi connectivity index (χ1n) is 5.14. The molecule has 0 aromatic carbocycles. The van der Waals surface area contributed by atoms with E-state index in [-0.39, 0.29) is 0 Å². The van der Waals surface area contributed by atoms with E-state index in [0.29, 0.717) is 5.82 Å². The molecule has 1 unspecified atom stereocenters. The van der Waals surface area contributed by atoms with Crippen molar-refractivity contribution in [2.24, 2.45) is 11.8 Å². The summed E-state index contributed by atoms with van der Waals surface area (Å²) < 4.78 is 4.11. The first-order valence-corrected chi connectivity index (χ1v) is 5.91. The zero-order chi connectivity index (χ0) is 10.1. The SMILES string of the molecule is Cc1c(N)nsc1NCC(C)C1CC1. The molecule has 0 amide bonds. The third-order valence-corrected chi connectivity index (χ3v) is 3.89. The standard InChI is InChI=1S/C10H17N3S/c1-6(8-3-4-8)5-12-10-7(2)9(11)13-14-10/h6,8,12H,3-5H2,1-2H3,(H2,11,13). The van der Waals surface area contributed by atoms with Crippen molar-refractivity contribution >= 4 is 22.4 Å². The molecule has 0 aliphatic heterocycles. The number of nitrogens with two attached hydrogens (primary N) is 1. The second-order valence-electron chi connectivity index (χ2n) is 4.22. The molecule has 1 aliphatic carbocycles. The van der Waals surface area contributed by atoms with Crippen LogP contribution in [0.5, 0.6) is 0 Å². The predicted octanol–water partition coefficient (Wildman–Crippen LogP) is 2.49. The molecule has 0 saturated heterocycles. The molecule has 0 radical (unpaired) electrons. The van der Waals surface area contributed by atoms with Gasteiger partial charge in [-0.05, 0) is 43.1 Å². The van der Waals surface area contributed by atoms with Crippen LogP contribution in [0, 0.1) is 18.8 Å². The van der Waals surface area contributed by atoms with Crippen molar-refractivity contribution in [2.75, 3.05) is 17.6 Å².